The van der Waals surface area contributed by atoms with Crippen LogP contribution in [0.5, 0.6) is 0 Å². The van der Waals surface area contributed by atoms with Crippen molar-refractivity contribution in [3.05, 3.63) is 96.7 Å². The zero-order chi connectivity index (χ0) is 20.3. The number of nitrogens with two attached hydrogens (primary N) is 1. The molecule has 1 aromatic heterocycles. The molecule has 3 N–H and O–H groups in total. The Hall–Kier alpha value is -3.42. The van der Waals surface area contributed by atoms with Gasteiger partial charge in [0.1, 0.15) is 4.90 Å². The smallest absolute Gasteiger partial charge is 0.240 e. The van der Waals surface area contributed by atoms with Crippen molar-refractivity contribution in [2.24, 2.45) is 5.14 Å². The Labute approximate surface area is 169 Å². The summed E-state index contributed by atoms with van der Waals surface area (Å²) in [5.41, 5.74) is 3.88. The molecule has 3 aromatic carbocycles. The maximum atomic E-state index is 12.1. The molecular formula is C22H20N4O2S. The van der Waals surface area contributed by atoms with Crippen molar-refractivity contribution in [3.63, 3.8) is 0 Å². The molecule has 0 saturated heterocycles. The van der Waals surface area contributed by atoms with Crippen LogP contribution in [0.15, 0.2) is 95.9 Å². The number of hydrogen-bond donors (Lipinski definition) is 2. The number of para-hydroxylation sites is 2. The standard InChI is InChI=1S/C22H20N4O2S/c23-29(27,28)22-14-8-7-13-20(22)26-21(17-9-3-1-4-10-17)15-19(25-26)16-24-18-11-5-2-6-12-18/h1-15,24H,16H2,(H2,23,27,28). The minimum absolute atomic E-state index is 0.0304. The van der Waals surface area contributed by atoms with Crippen LogP contribution >= 0.6 is 0 Å². The number of primary sulfonamides is 1. The van der Waals surface area contributed by atoms with Crippen LogP contribution in [-0.2, 0) is 16.6 Å². The molecule has 6 nitrogen and oxygen atoms in total. The molecule has 0 aliphatic carbocycles. The van der Waals surface area contributed by atoms with Crippen LogP contribution in [0.1, 0.15) is 5.69 Å². The lowest BCUT2D eigenvalue weighted by molar-refractivity contribution is 0.596. The Morgan fingerprint density at radius 2 is 1.48 bits per heavy atom. The van der Waals surface area contributed by atoms with Crippen molar-refractivity contribution in [2.45, 2.75) is 11.4 Å². The summed E-state index contributed by atoms with van der Waals surface area (Å²) in [7, 11) is -3.90. The molecule has 0 radical (unpaired) electrons. The highest BCUT2D eigenvalue weighted by Gasteiger charge is 2.19. The van der Waals surface area contributed by atoms with Gasteiger partial charge in [-0.1, -0.05) is 60.7 Å². The Morgan fingerprint density at radius 3 is 2.17 bits per heavy atom. The average molecular weight is 404 g/mol. The van der Waals surface area contributed by atoms with Crippen LogP contribution in [-0.4, -0.2) is 18.2 Å². The monoisotopic (exact) mass is 404 g/mol. The highest BCUT2D eigenvalue weighted by molar-refractivity contribution is 7.89. The van der Waals surface area contributed by atoms with Crippen LogP contribution in [0.3, 0.4) is 0 Å². The topological polar surface area (TPSA) is 90.0 Å². The molecule has 0 unspecified atom stereocenters. The number of hydrogen-bond acceptors (Lipinski definition) is 4. The molecule has 0 saturated carbocycles. The van der Waals surface area contributed by atoms with Gasteiger partial charge in [0, 0.05) is 11.3 Å². The fourth-order valence-electron chi connectivity index (χ4n) is 3.14. The molecule has 4 rings (SSSR count). The van der Waals surface area contributed by atoms with Crippen molar-refractivity contribution in [1.82, 2.24) is 9.78 Å². The largest absolute Gasteiger partial charge is 0.379 e. The molecule has 0 atom stereocenters. The lowest BCUT2D eigenvalue weighted by Gasteiger charge is -2.11. The van der Waals surface area contributed by atoms with Gasteiger partial charge in [-0.15, -0.1) is 0 Å². The van der Waals surface area contributed by atoms with E-state index in [1.165, 1.54) is 6.07 Å². The molecule has 7 heteroatoms. The van der Waals surface area contributed by atoms with Crippen LogP contribution in [0, 0.1) is 0 Å². The number of rotatable bonds is 6. The van der Waals surface area contributed by atoms with E-state index >= 15 is 0 Å². The van der Waals surface area contributed by atoms with Gasteiger partial charge in [0.2, 0.25) is 10.0 Å². The SMILES string of the molecule is NS(=O)(=O)c1ccccc1-n1nc(CNc2ccccc2)cc1-c1ccccc1. The van der Waals surface area contributed by atoms with Gasteiger partial charge in [-0.2, -0.15) is 5.10 Å². The molecule has 29 heavy (non-hydrogen) atoms. The minimum atomic E-state index is -3.90. The summed E-state index contributed by atoms with van der Waals surface area (Å²) < 4.78 is 25.9. The summed E-state index contributed by atoms with van der Waals surface area (Å²) in [5.74, 6) is 0. The number of anilines is 1. The van der Waals surface area contributed by atoms with E-state index in [0.717, 1.165) is 22.6 Å². The summed E-state index contributed by atoms with van der Waals surface area (Å²) in [6.45, 7) is 0.494. The van der Waals surface area contributed by atoms with E-state index in [0.29, 0.717) is 12.2 Å². The lowest BCUT2D eigenvalue weighted by Crippen LogP contribution is -2.16. The van der Waals surface area contributed by atoms with Gasteiger partial charge in [0.15, 0.2) is 0 Å². The highest BCUT2D eigenvalue weighted by atomic mass is 32.2. The first-order chi connectivity index (χ1) is 14.0. The first-order valence-corrected chi connectivity index (χ1v) is 10.6. The Bertz CT molecular complexity index is 1220. The number of nitrogens with one attached hydrogen (secondary N) is 1. The van der Waals surface area contributed by atoms with E-state index in [4.69, 9.17) is 5.14 Å². The van der Waals surface area contributed by atoms with Gasteiger partial charge >= 0.3 is 0 Å². The fourth-order valence-corrected chi connectivity index (χ4v) is 3.85. The van der Waals surface area contributed by atoms with Crippen molar-refractivity contribution in [3.8, 4) is 16.9 Å². The number of sulfonamides is 1. The van der Waals surface area contributed by atoms with Crippen LogP contribution < -0.4 is 10.5 Å². The molecule has 0 bridgehead atoms. The second-order valence-electron chi connectivity index (χ2n) is 6.53. The third kappa shape index (κ3) is 4.21. The predicted molar refractivity (Wildman–Crippen MR) is 114 cm³/mol. The average Bonchev–Trinajstić information content (AvgIpc) is 3.17. The third-order valence-corrected chi connectivity index (χ3v) is 5.44. The van der Waals surface area contributed by atoms with Gasteiger partial charge in [0.05, 0.1) is 23.6 Å². The molecule has 0 spiro atoms. The van der Waals surface area contributed by atoms with Gasteiger partial charge in [-0.25, -0.2) is 18.2 Å². The second kappa shape index (κ2) is 7.90. The summed E-state index contributed by atoms with van der Waals surface area (Å²) in [4.78, 5) is 0.0304. The Kier molecular flexibility index (Phi) is 5.16. The van der Waals surface area contributed by atoms with E-state index in [1.54, 1.807) is 22.9 Å². The molecule has 0 aliphatic heterocycles. The van der Waals surface area contributed by atoms with Gasteiger partial charge in [-0.05, 0) is 30.3 Å². The van der Waals surface area contributed by atoms with E-state index in [9.17, 15) is 8.42 Å². The first kappa shape index (κ1) is 18.9. The minimum Gasteiger partial charge on any atom is -0.379 e. The first-order valence-electron chi connectivity index (χ1n) is 9.08. The lowest BCUT2D eigenvalue weighted by atomic mass is 10.1. The molecule has 0 amide bonds. The summed E-state index contributed by atoms with van der Waals surface area (Å²) in [6, 6.07) is 28.1. The Balaban J connectivity index is 1.80. The summed E-state index contributed by atoms with van der Waals surface area (Å²) in [5, 5.41) is 13.5. The molecule has 0 aliphatic rings. The summed E-state index contributed by atoms with van der Waals surface area (Å²) in [6.07, 6.45) is 0. The number of benzene rings is 3. The molecular weight excluding hydrogens is 384 g/mol. The summed E-state index contributed by atoms with van der Waals surface area (Å²) >= 11 is 0. The van der Waals surface area contributed by atoms with E-state index in [1.807, 2.05) is 66.7 Å². The number of nitrogens with zero attached hydrogens (tertiary/aromatic N) is 2. The van der Waals surface area contributed by atoms with Crippen LogP contribution in [0.25, 0.3) is 16.9 Å². The van der Waals surface area contributed by atoms with Crippen molar-refractivity contribution in [2.75, 3.05) is 5.32 Å². The van der Waals surface area contributed by atoms with E-state index < -0.39 is 10.0 Å². The molecule has 4 aromatic rings. The number of aromatic nitrogens is 2. The van der Waals surface area contributed by atoms with Crippen molar-refractivity contribution in [1.29, 1.82) is 0 Å². The highest BCUT2D eigenvalue weighted by Crippen LogP contribution is 2.27. The molecule has 0 fully saturated rings. The zero-order valence-corrected chi connectivity index (χ0v) is 16.4. The van der Waals surface area contributed by atoms with Crippen molar-refractivity contribution >= 4 is 15.7 Å². The van der Waals surface area contributed by atoms with Crippen LogP contribution in [0.2, 0.25) is 0 Å². The van der Waals surface area contributed by atoms with Gasteiger partial charge < -0.3 is 5.32 Å². The maximum Gasteiger partial charge on any atom is 0.240 e. The second-order valence-corrected chi connectivity index (χ2v) is 8.06. The molecule has 146 valence electrons. The molecule has 1 heterocycles. The quantitative estimate of drug-likeness (QED) is 0.511. The van der Waals surface area contributed by atoms with E-state index in [2.05, 4.69) is 10.4 Å². The Morgan fingerprint density at radius 1 is 0.862 bits per heavy atom. The maximum absolute atomic E-state index is 12.1. The van der Waals surface area contributed by atoms with Crippen LogP contribution in [0.4, 0.5) is 5.69 Å². The van der Waals surface area contributed by atoms with E-state index in [-0.39, 0.29) is 4.90 Å². The van der Waals surface area contributed by atoms with Gasteiger partial charge in [-0.3, -0.25) is 0 Å². The zero-order valence-electron chi connectivity index (χ0n) is 15.6. The normalized spacial score (nSPS) is 11.3. The third-order valence-electron chi connectivity index (χ3n) is 4.48. The predicted octanol–water partition coefficient (Wildman–Crippen LogP) is 3.80. The fraction of sp³-hybridized carbons (Fsp3) is 0.0455. The van der Waals surface area contributed by atoms with Gasteiger partial charge in [0.25, 0.3) is 0 Å². The van der Waals surface area contributed by atoms with Crippen molar-refractivity contribution < 1.29 is 8.42 Å².